The lowest BCUT2D eigenvalue weighted by Gasteiger charge is -2.03. The van der Waals surface area contributed by atoms with Crippen molar-refractivity contribution in [3.8, 4) is 0 Å². The smallest absolute Gasteiger partial charge is 0.0777 e. The van der Waals surface area contributed by atoms with E-state index in [4.69, 9.17) is 18.6 Å². The Morgan fingerprint density at radius 3 is 1.00 bits per heavy atom. The Hall–Kier alpha value is 0.0500. The molecule has 0 aliphatic rings. The topological polar surface area (TPSA) is 159 Å². The van der Waals surface area contributed by atoms with Crippen molar-refractivity contribution in [3.05, 3.63) is 0 Å². The lowest BCUT2D eigenvalue weighted by atomic mass is 14.0. The van der Waals surface area contributed by atoms with Crippen LogP contribution in [0, 0.1) is 10.2 Å². The van der Waals surface area contributed by atoms with Crippen molar-refractivity contribution in [2.24, 2.45) is 0 Å². The number of hydrogen-bond donors (Lipinski definition) is 3. The third-order valence-corrected chi connectivity index (χ3v) is 0. The van der Waals surface area contributed by atoms with Gasteiger partial charge >= 0.3 is 0 Å². The van der Waals surface area contributed by atoms with Crippen LogP contribution >= 0.6 is 0 Å². The minimum atomic E-state index is -4.69. The highest BCUT2D eigenvalue weighted by Crippen LogP contribution is 1.60. The molecule has 0 radical (unpaired) electrons. The van der Waals surface area contributed by atoms with E-state index in [1.807, 2.05) is 0 Å². The maximum absolute atomic E-state index is 8.60. The van der Waals surface area contributed by atoms with Crippen LogP contribution in [-0.2, 0) is 0 Å². The van der Waals surface area contributed by atoms with Crippen LogP contribution in [0.5, 0.6) is 0 Å². The third-order valence-electron chi connectivity index (χ3n) is 0. The maximum Gasteiger partial charge on any atom is 0.0777 e. The highest BCUT2D eigenvalue weighted by molar-refractivity contribution is 2.15. The van der Waals surface area contributed by atoms with Crippen LogP contribution in [0.3, 0.4) is 0 Å². The molecular weight excluding hydrogens is 127 g/mol. The average Bonchev–Trinajstić information content (AvgIpc) is 0.722. The van der Waals surface area contributed by atoms with Crippen LogP contribution in [0.4, 0.5) is 0 Å². The Morgan fingerprint density at radius 1 is 1.00 bits per heavy atom. The molecule has 0 aromatic heterocycles. The summed E-state index contributed by atoms with van der Waals surface area (Å²) in [4.78, 5) is 0. The van der Waals surface area contributed by atoms with E-state index < -0.39 is 10.2 Å². The van der Waals surface area contributed by atoms with Crippen molar-refractivity contribution in [1.29, 1.82) is 0 Å². The van der Waals surface area contributed by atoms with Crippen molar-refractivity contribution in [2.45, 2.75) is 0 Å². The van der Waals surface area contributed by atoms with Crippen molar-refractivity contribution in [1.82, 2.24) is 12.3 Å². The molecule has 0 heterocycles. The molecule has 48 valence electrons. The largest absolute Gasteiger partial charge is 0.344 e. The second-order valence-electron chi connectivity index (χ2n) is 0.396. The van der Waals surface area contributed by atoms with E-state index in [9.17, 15) is 0 Å². The van der Waals surface area contributed by atoms with Gasteiger partial charge in [-0.1, -0.05) is 0 Å². The van der Waals surface area contributed by atoms with E-state index in [-0.39, 0.29) is 12.3 Å². The quantitative estimate of drug-likeness (QED) is 0.308. The van der Waals surface area contributed by atoms with Crippen molar-refractivity contribution in [3.63, 3.8) is 0 Å². The first kappa shape index (κ1) is 15.7. The Bertz CT molecular complexity index is 25.2. The molecule has 7 heteroatoms. The maximum atomic E-state index is 8.60. The van der Waals surface area contributed by atoms with E-state index in [2.05, 4.69) is 0 Å². The van der Waals surface area contributed by atoms with Gasteiger partial charge in [0, 0.05) is 0 Å². The van der Waals surface area contributed by atoms with Gasteiger partial charge in [-0.3, -0.25) is 0 Å². The van der Waals surface area contributed by atoms with Crippen LogP contribution in [0.25, 0.3) is 0 Å². The molecule has 7 heavy (non-hydrogen) atoms. The highest BCUT2D eigenvalue weighted by atomic mass is 35.7. The molecule has 0 saturated carbocycles. The molecule has 0 aromatic carbocycles. The van der Waals surface area contributed by atoms with E-state index in [1.165, 1.54) is 0 Å². The first-order valence-corrected chi connectivity index (χ1v) is 1.90. The summed E-state index contributed by atoms with van der Waals surface area (Å²) in [6, 6.07) is 0. The molecular formula is H7ClN2O4. The highest BCUT2D eigenvalue weighted by Gasteiger charge is 1.98. The zero-order valence-electron chi connectivity index (χ0n) is 3.46. The third kappa shape index (κ3) is 39700. The molecule has 0 bridgehead atoms. The molecule has 6 nitrogen and oxygen atoms in total. The summed E-state index contributed by atoms with van der Waals surface area (Å²) in [6.07, 6.45) is 0. The molecule has 0 spiro atoms. The molecule has 0 aromatic rings. The zero-order valence-corrected chi connectivity index (χ0v) is 4.22. The molecule has 0 saturated heterocycles. The van der Waals surface area contributed by atoms with Gasteiger partial charge in [-0.05, 0) is 0 Å². The number of halogens is 1. The second kappa shape index (κ2) is 4.22. The SMILES string of the molecule is N.N.[O-][Cl+3]([O-])([O-])O. The monoisotopic (exact) mass is 134 g/mol. The van der Waals surface area contributed by atoms with Crippen molar-refractivity contribution < 1.29 is 28.9 Å². The average molecular weight is 135 g/mol. The number of rotatable bonds is 0. The Morgan fingerprint density at radius 2 is 1.00 bits per heavy atom. The van der Waals surface area contributed by atoms with E-state index in [0.29, 0.717) is 0 Å². The van der Waals surface area contributed by atoms with Gasteiger partial charge < -0.3 is 12.3 Å². The van der Waals surface area contributed by atoms with Gasteiger partial charge in [0.2, 0.25) is 0 Å². The van der Waals surface area contributed by atoms with E-state index in [1.54, 1.807) is 0 Å². The van der Waals surface area contributed by atoms with Crippen molar-refractivity contribution in [2.75, 3.05) is 0 Å². The molecule has 0 atom stereocenters. The fraction of sp³-hybridized carbons (Fsp3) is 0. The van der Waals surface area contributed by atoms with Crippen molar-refractivity contribution >= 4 is 0 Å². The van der Waals surface area contributed by atoms with Gasteiger partial charge in [-0.25, -0.2) is 0 Å². The molecule has 0 rings (SSSR count). The van der Waals surface area contributed by atoms with Gasteiger partial charge in [-0.2, -0.15) is 14.0 Å². The van der Waals surface area contributed by atoms with Crippen LogP contribution in [0.15, 0.2) is 0 Å². The van der Waals surface area contributed by atoms with Crippen LogP contribution in [-0.4, -0.2) is 4.66 Å². The zero-order chi connectivity index (χ0) is 4.50. The summed E-state index contributed by atoms with van der Waals surface area (Å²) < 4.78 is 32.7. The molecule has 0 aliphatic heterocycles. The minimum absolute atomic E-state index is 0. The van der Waals surface area contributed by atoms with Crippen LogP contribution in [0.1, 0.15) is 0 Å². The molecule has 7 N–H and O–H groups in total. The normalized spacial score (nSPS) is 8.57. The number of hydrogen-bond acceptors (Lipinski definition) is 6. The Balaban J connectivity index is -0.0000000800. The van der Waals surface area contributed by atoms with Gasteiger partial charge in [0.1, 0.15) is 0 Å². The fourth-order valence-electron chi connectivity index (χ4n) is 0. The van der Waals surface area contributed by atoms with Gasteiger partial charge in [0.05, 0.1) is 14.9 Å². The summed E-state index contributed by atoms with van der Waals surface area (Å²) in [7, 11) is -4.69. The first-order valence-electron chi connectivity index (χ1n) is 0.632. The molecule has 0 unspecified atom stereocenters. The van der Waals surface area contributed by atoms with Crippen LogP contribution < -0.4 is 26.3 Å². The fourth-order valence-corrected chi connectivity index (χ4v) is 0. The summed E-state index contributed by atoms with van der Waals surface area (Å²) in [5, 5.41) is 0. The minimum Gasteiger partial charge on any atom is -0.344 e. The summed E-state index contributed by atoms with van der Waals surface area (Å²) in [5.74, 6) is 0. The second-order valence-corrected chi connectivity index (χ2v) is 1.19. The van der Waals surface area contributed by atoms with E-state index in [0.717, 1.165) is 0 Å². The molecule has 0 aliphatic carbocycles. The van der Waals surface area contributed by atoms with Gasteiger partial charge in [0.25, 0.3) is 0 Å². The lowest BCUT2D eigenvalue weighted by molar-refractivity contribution is -1.92. The Kier molecular flexibility index (Phi) is 9.47. The van der Waals surface area contributed by atoms with E-state index >= 15 is 0 Å². The first-order chi connectivity index (χ1) is 2.00. The Labute approximate surface area is 42.3 Å². The standard InChI is InChI=1S/ClHO4.2H3N/c2-1(3,4)5;;/h(H,2,3,4,5);2*1H3. The van der Waals surface area contributed by atoms with Gasteiger partial charge in [0.15, 0.2) is 0 Å². The van der Waals surface area contributed by atoms with Gasteiger partial charge in [-0.15, -0.1) is 0 Å². The molecule has 0 amide bonds. The summed E-state index contributed by atoms with van der Waals surface area (Å²) in [6.45, 7) is 0. The summed E-state index contributed by atoms with van der Waals surface area (Å²) >= 11 is 0. The summed E-state index contributed by atoms with van der Waals surface area (Å²) in [5.41, 5.74) is 0. The lowest BCUT2D eigenvalue weighted by Crippen LogP contribution is -2.58. The predicted octanol–water partition coefficient (Wildman–Crippen LogP) is -3.80. The molecule has 0 fully saturated rings. The predicted molar refractivity (Wildman–Crippen MR) is 12.3 cm³/mol. The van der Waals surface area contributed by atoms with Crippen LogP contribution in [0.2, 0.25) is 0 Å².